The molecule has 4 aromatic rings. The molecule has 3 saturated heterocycles. The number of ether oxygens (including phenoxy) is 4. The number of hydrogen-bond donors (Lipinski definition) is 15. The molecule has 9 heterocycles. The van der Waals surface area contributed by atoms with Crippen LogP contribution >= 0.6 is 0 Å². The highest BCUT2D eigenvalue weighted by molar-refractivity contribution is 5.90. The Balaban J connectivity index is 1.16. The lowest BCUT2D eigenvalue weighted by Crippen LogP contribution is -2.80. The topological polar surface area (TPSA) is 384 Å². The Morgan fingerprint density at radius 2 is 1.70 bits per heavy atom. The SMILES string of the molecule is CC1CCNC2NC(CC3CCCC3)=C(C3C=C4Cc5[nH]ccc5C#CCC5(O)C(O)C(O)C4(Oc4cc6oc(-c7cc(O)c(O)c(CCO)c7)cc(=O)c6c(O)c43)OC53CC#CC4(C(=O)O)OC(OC3=O)C(O)C(O)C4(O)O)C=C12. The van der Waals surface area contributed by atoms with Gasteiger partial charge in [0.15, 0.2) is 23.0 Å². The number of rotatable bonds is 7. The normalized spacial score (nSPS) is 34.0. The number of dihydropyridines is 1. The number of carbonyl (C=O) groups excluding carboxylic acids is 1. The predicted octanol–water partition coefficient (Wildman–Crippen LogP) is 0.610. The van der Waals surface area contributed by atoms with Gasteiger partial charge in [0.25, 0.3) is 11.4 Å². The standard InChI is InChI=1S/C58H59N3O20/c1-26-9-15-60-50-32(26)23-33(36(61-50)18-27-6-2-3-7-27)34-21-31-22-35-28(10-16-59-35)8-4-12-54(74)48(69)49(70)57(31,81-56(54)14-5-13-55(52(71)72)58(75,76)47(68)46(67)51(80-55)78-53(56)73)79-41-25-40-43(45(66)42(34)41)37(63)24-39(77-40)30-19-29(11-17-62)44(65)38(64)20-30/h10,16,19-21,23-27,34,46-51,59-62,64-70,74-76H,2-3,6-7,9,11-12,14-15,17-18,22H2,1H3,(H,71,72). The third kappa shape index (κ3) is 8.13. The number of H-pyrrole nitrogens is 1. The van der Waals surface area contributed by atoms with Gasteiger partial charge in [0.05, 0.1) is 12.6 Å². The molecule has 2 aromatic heterocycles. The van der Waals surface area contributed by atoms with Crippen LogP contribution in [0.2, 0.25) is 0 Å². The van der Waals surface area contributed by atoms with Gasteiger partial charge in [-0.2, -0.15) is 0 Å². The van der Waals surface area contributed by atoms with Crippen LogP contribution in [0.1, 0.15) is 86.6 Å². The van der Waals surface area contributed by atoms with Crippen molar-refractivity contribution in [2.24, 2.45) is 11.8 Å². The molecule has 12 atom stereocenters. The minimum Gasteiger partial charge on any atom is -0.507 e. The van der Waals surface area contributed by atoms with Crippen molar-refractivity contribution in [3.63, 3.8) is 0 Å². The number of aromatic nitrogens is 1. The lowest BCUT2D eigenvalue weighted by atomic mass is 9.67. The van der Waals surface area contributed by atoms with Crippen molar-refractivity contribution >= 4 is 22.9 Å². The van der Waals surface area contributed by atoms with Crippen molar-refractivity contribution in [2.75, 3.05) is 13.2 Å². The number of aliphatic hydroxyl groups excluding tert-OH is 5. The average molecular weight is 1120 g/mol. The Hall–Kier alpha value is -7.23. The summed E-state index contributed by atoms with van der Waals surface area (Å²) in [5, 5.41) is 145. The summed E-state index contributed by atoms with van der Waals surface area (Å²) in [4.78, 5) is 46.4. The maximum absolute atomic E-state index is 15.5. The molecule has 9 aliphatic rings. The van der Waals surface area contributed by atoms with Crippen LogP contribution in [0.3, 0.4) is 0 Å². The quantitative estimate of drug-likeness (QED) is 0.0396. The summed E-state index contributed by atoms with van der Waals surface area (Å²) in [6.45, 7) is 2.36. The summed E-state index contributed by atoms with van der Waals surface area (Å²) in [6.07, 6.45) is -5.76. The number of aromatic hydroxyl groups is 3. The molecule has 2 aromatic carbocycles. The Labute approximate surface area is 460 Å². The number of esters is 1. The van der Waals surface area contributed by atoms with Crippen LogP contribution < -0.4 is 20.8 Å². The summed E-state index contributed by atoms with van der Waals surface area (Å²) < 4.78 is 31.5. The minimum atomic E-state index is -3.90. The van der Waals surface area contributed by atoms with Crippen LogP contribution in [0, 0.1) is 35.5 Å². The second kappa shape index (κ2) is 19.5. The first kappa shape index (κ1) is 54.4. The smallest absolute Gasteiger partial charge is 0.354 e. The Morgan fingerprint density at radius 3 is 2.46 bits per heavy atom. The molecular weight excluding hydrogens is 1060 g/mol. The van der Waals surface area contributed by atoms with Gasteiger partial charge in [-0.05, 0) is 72.9 Å². The fourth-order valence-corrected chi connectivity index (χ4v) is 13.1. The summed E-state index contributed by atoms with van der Waals surface area (Å²) in [7, 11) is 0. The maximum atomic E-state index is 15.5. The van der Waals surface area contributed by atoms with Gasteiger partial charge >= 0.3 is 11.9 Å². The van der Waals surface area contributed by atoms with Crippen molar-refractivity contribution in [1.29, 1.82) is 0 Å². The van der Waals surface area contributed by atoms with E-state index in [0.717, 1.165) is 55.5 Å². The number of carboxylic acid groups (broad SMARTS) is 1. The second-order valence-corrected chi connectivity index (χ2v) is 22.3. The molecule has 1 saturated carbocycles. The Bertz CT molecular complexity index is 3610. The van der Waals surface area contributed by atoms with E-state index in [2.05, 4.69) is 46.2 Å². The first-order valence-electron chi connectivity index (χ1n) is 26.8. The molecule has 23 nitrogen and oxygen atoms in total. The van der Waals surface area contributed by atoms with Crippen molar-refractivity contribution in [2.45, 2.75) is 142 Å². The number of aromatic amines is 1. The first-order valence-corrected chi connectivity index (χ1v) is 26.8. The minimum absolute atomic E-state index is 0.0227. The van der Waals surface area contributed by atoms with Gasteiger partial charge in [-0.1, -0.05) is 62.5 Å². The van der Waals surface area contributed by atoms with Gasteiger partial charge < -0.3 is 94.9 Å². The third-order valence-corrected chi connectivity index (χ3v) is 17.6. The zero-order valence-electron chi connectivity index (χ0n) is 43.4. The van der Waals surface area contributed by atoms with E-state index in [4.69, 9.17) is 23.4 Å². The van der Waals surface area contributed by atoms with Gasteiger partial charge in [0, 0.05) is 82.9 Å². The fourth-order valence-electron chi connectivity index (χ4n) is 13.1. The predicted molar refractivity (Wildman–Crippen MR) is 278 cm³/mol. The number of phenolic OH excluding ortho intramolecular Hbond substituents is 3. The van der Waals surface area contributed by atoms with E-state index in [-0.39, 0.29) is 69.8 Å². The lowest BCUT2D eigenvalue weighted by molar-refractivity contribution is -0.399. The monoisotopic (exact) mass is 1120 g/mol. The molecule has 426 valence electrons. The molecule has 13 rings (SSSR count). The first-order chi connectivity index (χ1) is 38.6. The number of piperidine rings is 1. The van der Waals surface area contributed by atoms with E-state index in [0.29, 0.717) is 29.8 Å². The van der Waals surface area contributed by atoms with E-state index >= 15 is 4.79 Å². The number of carbonyl (C=O) groups is 2. The molecule has 81 heavy (non-hydrogen) atoms. The maximum Gasteiger partial charge on any atom is 0.354 e. The highest BCUT2D eigenvalue weighted by Crippen LogP contribution is 2.57. The van der Waals surface area contributed by atoms with Crippen molar-refractivity contribution in [3.8, 4) is 58.0 Å². The molecule has 15 N–H and O–H groups in total. The zero-order chi connectivity index (χ0) is 57.3. The van der Waals surface area contributed by atoms with Crippen LogP contribution in [0.4, 0.5) is 0 Å². The van der Waals surface area contributed by atoms with Crippen LogP contribution in [0.15, 0.2) is 80.3 Å². The molecule has 0 radical (unpaired) electrons. The fraction of sp³-hybridized carbons (Fsp3) is 0.466. The molecule has 0 amide bonds. The zero-order valence-corrected chi connectivity index (χ0v) is 43.4. The van der Waals surface area contributed by atoms with Crippen LogP contribution in [-0.4, -0.2) is 157 Å². The average Bonchev–Trinajstić information content (AvgIpc) is 4.28. The number of fused-ring (bicyclic) bond motifs is 7. The van der Waals surface area contributed by atoms with E-state index in [1.165, 1.54) is 12.1 Å². The van der Waals surface area contributed by atoms with Gasteiger partial charge in [0.2, 0.25) is 17.7 Å². The van der Waals surface area contributed by atoms with Crippen LogP contribution in [0.5, 0.6) is 23.0 Å². The highest BCUT2D eigenvalue weighted by atomic mass is 16.8. The third-order valence-electron chi connectivity index (χ3n) is 17.6. The highest BCUT2D eigenvalue weighted by Gasteiger charge is 2.76. The van der Waals surface area contributed by atoms with Crippen molar-refractivity contribution in [3.05, 3.63) is 104 Å². The van der Waals surface area contributed by atoms with Gasteiger partial charge in [0.1, 0.15) is 52.1 Å². The van der Waals surface area contributed by atoms with E-state index < -0.39 is 125 Å². The van der Waals surface area contributed by atoms with Gasteiger partial charge in [-0.25, -0.2) is 9.59 Å². The molecule has 2 spiro atoms. The number of hydrogen-bond acceptors (Lipinski definition) is 21. The number of allylic oxidation sites excluding steroid dienone is 4. The summed E-state index contributed by atoms with van der Waals surface area (Å²) in [6, 6.07) is 6.40. The molecule has 7 aliphatic heterocycles. The Kier molecular flexibility index (Phi) is 13.1. The molecule has 2 aliphatic carbocycles. The van der Waals surface area contributed by atoms with Crippen molar-refractivity contribution in [1.82, 2.24) is 15.6 Å². The second-order valence-electron chi connectivity index (χ2n) is 22.3. The van der Waals surface area contributed by atoms with Crippen LogP contribution in [0.25, 0.3) is 22.3 Å². The largest absolute Gasteiger partial charge is 0.507 e. The molecule has 4 bridgehead atoms. The molecule has 12 unspecified atom stereocenters. The van der Waals surface area contributed by atoms with E-state index in [1.807, 2.05) is 6.08 Å². The molecule has 23 heteroatoms. The lowest BCUT2D eigenvalue weighted by Gasteiger charge is -2.57. The number of aliphatic carboxylic acids is 1. The summed E-state index contributed by atoms with van der Waals surface area (Å²) in [5.74, 6) is -4.11. The number of aliphatic hydroxyl groups is 8. The number of phenols is 3. The summed E-state index contributed by atoms with van der Waals surface area (Å²) in [5.41, 5.74) is -8.18. The summed E-state index contributed by atoms with van der Waals surface area (Å²) >= 11 is 0. The van der Waals surface area contributed by atoms with Crippen LogP contribution in [-0.2, 0) is 36.6 Å². The van der Waals surface area contributed by atoms with Gasteiger partial charge in [-0.15, -0.1) is 0 Å². The number of nitrogens with one attached hydrogen (secondary N) is 3. The van der Waals surface area contributed by atoms with E-state index in [9.17, 15) is 70.9 Å². The Morgan fingerprint density at radius 1 is 0.926 bits per heavy atom. The number of benzene rings is 2. The molecular formula is C58H59N3O20. The molecule has 4 fully saturated rings. The van der Waals surface area contributed by atoms with Gasteiger partial charge in [-0.3, -0.25) is 10.1 Å². The number of carboxylic acids is 1. The van der Waals surface area contributed by atoms with Crippen molar-refractivity contribution < 1.29 is 94.2 Å². The van der Waals surface area contributed by atoms with E-state index in [1.54, 1.807) is 18.3 Å².